The first-order valence-corrected chi connectivity index (χ1v) is 7.99. The molecule has 4 rings (SSSR count). The number of halogens is 2. The molecule has 22 heavy (non-hydrogen) atoms. The molecule has 1 aromatic heterocycles. The standard InChI is InChI=1S/C17H20F2N2O/c1-2-20-13-5-3-4-6-14(13)21(15(20)22)9-12-7-16(8-12)10-17(18,19)11-16/h3-6,12H,2,7-11H2,1H3. The lowest BCUT2D eigenvalue weighted by atomic mass is 9.50. The van der Waals surface area contributed by atoms with Crippen LogP contribution in [0.5, 0.6) is 0 Å². The van der Waals surface area contributed by atoms with Gasteiger partial charge in [-0.05, 0) is 43.2 Å². The summed E-state index contributed by atoms with van der Waals surface area (Å²) in [6.07, 6.45) is 1.76. The van der Waals surface area contributed by atoms with E-state index in [1.807, 2.05) is 35.8 Å². The van der Waals surface area contributed by atoms with Crippen molar-refractivity contribution in [3.63, 3.8) is 0 Å². The Labute approximate surface area is 127 Å². The van der Waals surface area contributed by atoms with Gasteiger partial charge in [0.15, 0.2) is 0 Å². The summed E-state index contributed by atoms with van der Waals surface area (Å²) in [5.41, 5.74) is 1.80. The van der Waals surface area contributed by atoms with E-state index in [0.717, 1.165) is 23.9 Å². The van der Waals surface area contributed by atoms with Crippen molar-refractivity contribution in [2.24, 2.45) is 11.3 Å². The van der Waals surface area contributed by atoms with Crippen LogP contribution in [0.15, 0.2) is 29.1 Å². The van der Waals surface area contributed by atoms with Crippen LogP contribution in [-0.2, 0) is 13.1 Å². The number of benzene rings is 1. The van der Waals surface area contributed by atoms with E-state index in [-0.39, 0.29) is 23.9 Å². The number of fused-ring (bicyclic) bond motifs is 1. The summed E-state index contributed by atoms with van der Waals surface area (Å²) < 4.78 is 29.7. The highest BCUT2D eigenvalue weighted by molar-refractivity contribution is 5.75. The lowest BCUT2D eigenvalue weighted by Crippen LogP contribution is -2.54. The minimum Gasteiger partial charge on any atom is -0.292 e. The fourth-order valence-electron chi connectivity index (χ4n) is 4.64. The Morgan fingerprint density at radius 2 is 1.73 bits per heavy atom. The third-order valence-corrected chi connectivity index (χ3v) is 5.39. The Hall–Kier alpha value is -1.65. The first-order chi connectivity index (χ1) is 10.4. The van der Waals surface area contributed by atoms with Crippen molar-refractivity contribution in [3.05, 3.63) is 34.7 Å². The smallest absolute Gasteiger partial charge is 0.292 e. The van der Waals surface area contributed by atoms with Gasteiger partial charge in [-0.1, -0.05) is 12.1 Å². The molecule has 1 spiro atoms. The molecule has 2 fully saturated rings. The van der Waals surface area contributed by atoms with Gasteiger partial charge in [0.05, 0.1) is 11.0 Å². The van der Waals surface area contributed by atoms with Crippen LogP contribution >= 0.6 is 0 Å². The van der Waals surface area contributed by atoms with Crippen molar-refractivity contribution < 1.29 is 8.78 Å². The fraction of sp³-hybridized carbons (Fsp3) is 0.588. The molecule has 0 unspecified atom stereocenters. The van der Waals surface area contributed by atoms with E-state index in [4.69, 9.17) is 0 Å². The van der Waals surface area contributed by atoms with E-state index in [2.05, 4.69) is 0 Å². The molecule has 0 N–H and O–H groups in total. The van der Waals surface area contributed by atoms with Crippen LogP contribution in [-0.4, -0.2) is 15.1 Å². The molecule has 1 heterocycles. The van der Waals surface area contributed by atoms with Gasteiger partial charge in [0.1, 0.15) is 0 Å². The van der Waals surface area contributed by atoms with Gasteiger partial charge in [0.2, 0.25) is 5.92 Å². The molecule has 0 saturated heterocycles. The lowest BCUT2D eigenvalue weighted by Gasteiger charge is -2.57. The van der Waals surface area contributed by atoms with Gasteiger partial charge in [-0.3, -0.25) is 9.13 Å². The predicted molar refractivity (Wildman–Crippen MR) is 81.2 cm³/mol. The van der Waals surface area contributed by atoms with Gasteiger partial charge in [-0.25, -0.2) is 13.6 Å². The summed E-state index contributed by atoms with van der Waals surface area (Å²) in [6, 6.07) is 7.81. The lowest BCUT2D eigenvalue weighted by molar-refractivity contribution is -0.208. The molecule has 0 atom stereocenters. The van der Waals surface area contributed by atoms with Crippen LogP contribution in [0.4, 0.5) is 8.78 Å². The first-order valence-electron chi connectivity index (χ1n) is 7.99. The highest BCUT2D eigenvalue weighted by Crippen LogP contribution is 2.64. The zero-order valence-corrected chi connectivity index (χ0v) is 12.7. The van der Waals surface area contributed by atoms with E-state index < -0.39 is 5.92 Å². The van der Waals surface area contributed by atoms with Gasteiger partial charge in [0.25, 0.3) is 0 Å². The second kappa shape index (κ2) is 4.43. The number of aryl methyl sites for hydroxylation is 1. The Morgan fingerprint density at radius 3 is 2.27 bits per heavy atom. The van der Waals surface area contributed by atoms with Crippen molar-refractivity contribution in [1.29, 1.82) is 0 Å². The summed E-state index contributed by atoms with van der Waals surface area (Å²) in [5, 5.41) is 0. The van der Waals surface area contributed by atoms with E-state index in [9.17, 15) is 13.6 Å². The molecule has 118 valence electrons. The number of nitrogens with zero attached hydrogens (tertiary/aromatic N) is 2. The van der Waals surface area contributed by atoms with Crippen LogP contribution in [0, 0.1) is 11.3 Å². The third-order valence-electron chi connectivity index (χ3n) is 5.39. The minimum atomic E-state index is -2.44. The molecule has 3 nitrogen and oxygen atoms in total. The maximum absolute atomic E-state index is 13.1. The van der Waals surface area contributed by atoms with Crippen molar-refractivity contribution in [1.82, 2.24) is 9.13 Å². The number of aromatic nitrogens is 2. The number of imidazole rings is 1. The van der Waals surface area contributed by atoms with E-state index in [0.29, 0.717) is 19.0 Å². The van der Waals surface area contributed by atoms with Gasteiger partial charge >= 0.3 is 5.69 Å². The second-order valence-electron chi connectivity index (χ2n) is 7.11. The van der Waals surface area contributed by atoms with Crippen LogP contribution in [0.25, 0.3) is 11.0 Å². The average Bonchev–Trinajstić information content (AvgIpc) is 2.67. The van der Waals surface area contributed by atoms with Crippen molar-refractivity contribution in [2.75, 3.05) is 0 Å². The van der Waals surface area contributed by atoms with Crippen LogP contribution < -0.4 is 5.69 Å². The molecule has 0 bridgehead atoms. The molecule has 2 aromatic rings. The highest BCUT2D eigenvalue weighted by atomic mass is 19.3. The maximum atomic E-state index is 13.1. The molecule has 2 aliphatic rings. The normalized spacial score (nSPS) is 22.7. The highest BCUT2D eigenvalue weighted by Gasteiger charge is 2.61. The molecule has 0 amide bonds. The van der Waals surface area contributed by atoms with Gasteiger partial charge in [-0.2, -0.15) is 0 Å². The Bertz CT molecular complexity index is 774. The Kier molecular flexibility index (Phi) is 2.81. The number of alkyl halides is 2. The van der Waals surface area contributed by atoms with Crippen LogP contribution in [0.2, 0.25) is 0 Å². The topological polar surface area (TPSA) is 26.9 Å². The Morgan fingerprint density at radius 1 is 1.14 bits per heavy atom. The molecule has 5 heteroatoms. The first kappa shape index (κ1) is 14.0. The quantitative estimate of drug-likeness (QED) is 0.850. The molecule has 0 radical (unpaired) electrons. The molecule has 2 aliphatic carbocycles. The van der Waals surface area contributed by atoms with E-state index in [1.165, 1.54) is 0 Å². The van der Waals surface area contributed by atoms with E-state index >= 15 is 0 Å². The zero-order valence-electron chi connectivity index (χ0n) is 12.7. The Balaban J connectivity index is 1.57. The summed E-state index contributed by atoms with van der Waals surface area (Å²) >= 11 is 0. The fourth-order valence-corrected chi connectivity index (χ4v) is 4.64. The molecular formula is C17H20F2N2O. The van der Waals surface area contributed by atoms with Gasteiger partial charge < -0.3 is 0 Å². The van der Waals surface area contributed by atoms with Crippen molar-refractivity contribution >= 4 is 11.0 Å². The average molecular weight is 306 g/mol. The monoisotopic (exact) mass is 306 g/mol. The second-order valence-corrected chi connectivity index (χ2v) is 7.11. The summed E-state index contributed by atoms with van der Waals surface area (Å²) in [5.74, 6) is -2.09. The maximum Gasteiger partial charge on any atom is 0.329 e. The SMILES string of the molecule is CCn1c(=O)n(CC2CC3(C2)CC(F)(F)C3)c2ccccc21. The molecule has 0 aliphatic heterocycles. The number of hydrogen-bond acceptors (Lipinski definition) is 1. The number of rotatable bonds is 3. The molecular weight excluding hydrogens is 286 g/mol. The molecule has 1 aromatic carbocycles. The summed E-state index contributed by atoms with van der Waals surface area (Å²) in [7, 11) is 0. The minimum absolute atomic E-state index is 0.0172. The van der Waals surface area contributed by atoms with Crippen molar-refractivity contribution in [2.45, 2.75) is 51.6 Å². The van der Waals surface area contributed by atoms with Crippen LogP contribution in [0.1, 0.15) is 32.6 Å². The van der Waals surface area contributed by atoms with Gasteiger partial charge in [0, 0.05) is 25.9 Å². The predicted octanol–water partition coefficient (Wildman–Crippen LogP) is 3.65. The van der Waals surface area contributed by atoms with E-state index in [1.54, 1.807) is 4.57 Å². The van der Waals surface area contributed by atoms with Crippen molar-refractivity contribution in [3.8, 4) is 0 Å². The number of hydrogen-bond donors (Lipinski definition) is 0. The summed E-state index contributed by atoms with van der Waals surface area (Å²) in [6.45, 7) is 3.26. The molecule has 2 saturated carbocycles. The summed E-state index contributed by atoms with van der Waals surface area (Å²) in [4.78, 5) is 12.5. The third kappa shape index (κ3) is 1.94. The number of para-hydroxylation sites is 2. The van der Waals surface area contributed by atoms with Crippen LogP contribution in [0.3, 0.4) is 0 Å². The zero-order chi connectivity index (χ0) is 15.5. The van der Waals surface area contributed by atoms with Gasteiger partial charge in [-0.15, -0.1) is 0 Å². The largest absolute Gasteiger partial charge is 0.329 e.